The van der Waals surface area contributed by atoms with Crippen molar-refractivity contribution in [2.75, 3.05) is 11.9 Å². The zero-order valence-corrected chi connectivity index (χ0v) is 14.3. The monoisotopic (exact) mass is 305 g/mol. The van der Waals surface area contributed by atoms with Crippen molar-refractivity contribution < 1.29 is 9.59 Å². The lowest BCUT2D eigenvalue weighted by molar-refractivity contribution is -0.126. The molecule has 22 heavy (non-hydrogen) atoms. The van der Waals surface area contributed by atoms with Crippen LogP contribution in [-0.2, 0) is 9.59 Å². The Kier molecular flexibility index (Phi) is 5.72. The van der Waals surface area contributed by atoms with Crippen LogP contribution in [0.3, 0.4) is 0 Å². The van der Waals surface area contributed by atoms with Crippen LogP contribution in [0, 0.1) is 26.2 Å². The van der Waals surface area contributed by atoms with Crippen molar-refractivity contribution in [2.24, 2.45) is 11.1 Å². The van der Waals surface area contributed by atoms with Crippen molar-refractivity contribution in [3.8, 4) is 0 Å². The number of rotatable bonds is 4. The summed E-state index contributed by atoms with van der Waals surface area (Å²) < 4.78 is 0. The van der Waals surface area contributed by atoms with Crippen molar-refractivity contribution in [3.05, 3.63) is 28.8 Å². The zero-order chi connectivity index (χ0) is 17.1. The number of hydrogen-bond donors (Lipinski definition) is 3. The summed E-state index contributed by atoms with van der Waals surface area (Å²) in [5, 5.41) is 5.43. The van der Waals surface area contributed by atoms with Gasteiger partial charge in [-0.25, -0.2) is 0 Å². The van der Waals surface area contributed by atoms with E-state index < -0.39 is 6.04 Å². The second kappa shape index (κ2) is 6.92. The van der Waals surface area contributed by atoms with E-state index in [0.29, 0.717) is 0 Å². The molecule has 0 spiro atoms. The van der Waals surface area contributed by atoms with Crippen LogP contribution in [0.5, 0.6) is 0 Å². The molecule has 0 fully saturated rings. The average molecular weight is 305 g/mol. The summed E-state index contributed by atoms with van der Waals surface area (Å²) in [5.74, 6) is -0.579. The van der Waals surface area contributed by atoms with E-state index in [1.165, 1.54) is 0 Å². The van der Waals surface area contributed by atoms with E-state index in [0.717, 1.165) is 22.4 Å². The van der Waals surface area contributed by atoms with E-state index in [1.54, 1.807) is 0 Å². The van der Waals surface area contributed by atoms with Crippen LogP contribution < -0.4 is 16.4 Å². The summed E-state index contributed by atoms with van der Waals surface area (Å²) in [7, 11) is 0. The number of nitrogens with one attached hydrogen (secondary N) is 2. The molecule has 0 saturated carbocycles. The number of nitrogens with two attached hydrogens (primary N) is 1. The summed E-state index contributed by atoms with van der Waals surface area (Å²) in [6.07, 6.45) is 0. The van der Waals surface area contributed by atoms with E-state index in [4.69, 9.17) is 5.73 Å². The van der Waals surface area contributed by atoms with E-state index in [2.05, 4.69) is 10.6 Å². The third-order valence-electron chi connectivity index (χ3n) is 3.58. The second-order valence-corrected chi connectivity index (χ2v) is 6.88. The van der Waals surface area contributed by atoms with Crippen molar-refractivity contribution in [1.29, 1.82) is 0 Å². The minimum absolute atomic E-state index is 0.0879. The molecule has 1 rings (SSSR count). The molecule has 0 heterocycles. The topological polar surface area (TPSA) is 84.2 Å². The van der Waals surface area contributed by atoms with Crippen molar-refractivity contribution in [1.82, 2.24) is 5.32 Å². The molecular formula is C17H27N3O2. The molecule has 0 aliphatic rings. The van der Waals surface area contributed by atoms with Crippen LogP contribution >= 0.6 is 0 Å². The molecule has 0 saturated heterocycles. The molecule has 0 aromatic heterocycles. The minimum atomic E-state index is -0.650. The minimum Gasteiger partial charge on any atom is -0.346 e. The molecule has 0 bridgehead atoms. The van der Waals surface area contributed by atoms with Crippen LogP contribution in [0.25, 0.3) is 0 Å². The van der Waals surface area contributed by atoms with Gasteiger partial charge in [-0.15, -0.1) is 0 Å². The quantitative estimate of drug-likeness (QED) is 0.796. The largest absolute Gasteiger partial charge is 0.346 e. The number of benzene rings is 1. The molecule has 5 nitrogen and oxygen atoms in total. The fraction of sp³-hybridized carbons (Fsp3) is 0.529. The Morgan fingerprint density at radius 3 is 2.09 bits per heavy atom. The Balaban J connectivity index is 2.64. The molecule has 1 aromatic carbocycles. The van der Waals surface area contributed by atoms with E-state index in [1.807, 2.05) is 53.7 Å². The van der Waals surface area contributed by atoms with Gasteiger partial charge in [0.2, 0.25) is 11.8 Å². The highest BCUT2D eigenvalue weighted by atomic mass is 16.2. The van der Waals surface area contributed by atoms with Gasteiger partial charge in [-0.1, -0.05) is 38.5 Å². The van der Waals surface area contributed by atoms with Gasteiger partial charge in [-0.05, 0) is 37.3 Å². The zero-order valence-electron chi connectivity index (χ0n) is 14.3. The lowest BCUT2D eigenvalue weighted by Gasteiger charge is -2.25. The first kappa shape index (κ1) is 18.2. The highest BCUT2D eigenvalue weighted by Gasteiger charge is 2.27. The van der Waals surface area contributed by atoms with E-state index in [-0.39, 0.29) is 23.8 Å². The maximum atomic E-state index is 12.0. The number of carbonyl (C=O) groups is 2. The smallest absolute Gasteiger partial charge is 0.243 e. The summed E-state index contributed by atoms with van der Waals surface area (Å²) in [6, 6.07) is 3.37. The number of hydrogen-bond acceptors (Lipinski definition) is 3. The molecule has 4 N–H and O–H groups in total. The Labute approximate surface area is 132 Å². The molecule has 0 unspecified atom stereocenters. The van der Waals surface area contributed by atoms with Crippen LogP contribution in [0.1, 0.15) is 37.5 Å². The van der Waals surface area contributed by atoms with Gasteiger partial charge in [-0.3, -0.25) is 9.59 Å². The maximum Gasteiger partial charge on any atom is 0.243 e. The van der Waals surface area contributed by atoms with Gasteiger partial charge in [0.15, 0.2) is 0 Å². The molecule has 1 atom stereocenters. The molecule has 0 aliphatic carbocycles. The molecular weight excluding hydrogens is 278 g/mol. The normalized spacial score (nSPS) is 12.7. The summed E-state index contributed by atoms with van der Waals surface area (Å²) in [5.41, 5.74) is 9.46. The fourth-order valence-corrected chi connectivity index (χ4v) is 2.23. The molecule has 2 amide bonds. The summed E-state index contributed by atoms with van der Waals surface area (Å²) in [6.45, 7) is 11.5. The number of carbonyl (C=O) groups excluding carboxylic acids is 2. The maximum absolute atomic E-state index is 12.0. The molecule has 1 aromatic rings. The number of aryl methyl sites for hydroxylation is 3. The Hall–Kier alpha value is -1.88. The highest BCUT2D eigenvalue weighted by Crippen LogP contribution is 2.21. The van der Waals surface area contributed by atoms with Crippen LogP contribution in [0.15, 0.2) is 12.1 Å². The van der Waals surface area contributed by atoms with Crippen LogP contribution in [0.2, 0.25) is 0 Å². The van der Waals surface area contributed by atoms with E-state index >= 15 is 0 Å². The fourth-order valence-electron chi connectivity index (χ4n) is 2.23. The first-order chi connectivity index (χ1) is 10.0. The Morgan fingerprint density at radius 1 is 1.14 bits per heavy atom. The first-order valence-electron chi connectivity index (χ1n) is 7.43. The third kappa shape index (κ3) is 4.84. The highest BCUT2D eigenvalue weighted by molar-refractivity contribution is 5.96. The second-order valence-electron chi connectivity index (χ2n) is 6.88. The van der Waals surface area contributed by atoms with Gasteiger partial charge in [0.1, 0.15) is 0 Å². The predicted octanol–water partition coefficient (Wildman–Crippen LogP) is 2.04. The molecule has 122 valence electrons. The van der Waals surface area contributed by atoms with Crippen molar-refractivity contribution >= 4 is 17.5 Å². The summed E-state index contributed by atoms with van der Waals surface area (Å²) in [4.78, 5) is 23.9. The van der Waals surface area contributed by atoms with Gasteiger partial charge >= 0.3 is 0 Å². The van der Waals surface area contributed by atoms with Crippen molar-refractivity contribution in [2.45, 2.75) is 47.6 Å². The standard InChI is InChI=1S/C17H27N3O2/c1-10-7-11(2)14(12(3)8-10)20-13(21)9-19-16(22)15(18)17(4,5)6/h7-8,15H,9,18H2,1-6H3,(H,19,22)(H,20,21)/t15-/m1/s1. The average Bonchev–Trinajstić information content (AvgIpc) is 2.38. The SMILES string of the molecule is Cc1cc(C)c(NC(=O)CNC(=O)[C@@H](N)C(C)(C)C)c(C)c1. The van der Waals surface area contributed by atoms with Crippen molar-refractivity contribution in [3.63, 3.8) is 0 Å². The van der Waals surface area contributed by atoms with E-state index in [9.17, 15) is 9.59 Å². The lowest BCUT2D eigenvalue weighted by atomic mass is 9.87. The first-order valence-corrected chi connectivity index (χ1v) is 7.43. The van der Waals surface area contributed by atoms with Gasteiger partial charge in [0.05, 0.1) is 12.6 Å². The number of anilines is 1. The van der Waals surface area contributed by atoms with Gasteiger partial charge in [-0.2, -0.15) is 0 Å². The predicted molar refractivity (Wildman–Crippen MR) is 89.7 cm³/mol. The molecule has 0 aliphatic heterocycles. The Bertz CT molecular complexity index is 551. The third-order valence-corrected chi connectivity index (χ3v) is 3.58. The van der Waals surface area contributed by atoms with Gasteiger partial charge in [0, 0.05) is 5.69 Å². The van der Waals surface area contributed by atoms with Crippen LogP contribution in [0.4, 0.5) is 5.69 Å². The van der Waals surface area contributed by atoms with Gasteiger partial charge < -0.3 is 16.4 Å². The molecule has 0 radical (unpaired) electrons. The van der Waals surface area contributed by atoms with Gasteiger partial charge in [0.25, 0.3) is 0 Å². The van der Waals surface area contributed by atoms with Crippen LogP contribution in [-0.4, -0.2) is 24.4 Å². The number of amides is 2. The Morgan fingerprint density at radius 2 is 1.64 bits per heavy atom. The summed E-state index contributed by atoms with van der Waals surface area (Å²) >= 11 is 0. The molecule has 5 heteroatoms. The lowest BCUT2D eigenvalue weighted by Crippen LogP contribution is -2.50.